The molecule has 0 spiro atoms. The number of rotatable bonds is 4. The van der Waals surface area contributed by atoms with Gasteiger partial charge in [-0.15, -0.1) is 0 Å². The van der Waals surface area contributed by atoms with E-state index in [1.165, 1.54) is 37.3 Å². The summed E-state index contributed by atoms with van der Waals surface area (Å²) in [4.78, 5) is 20.9. The molecule has 1 fully saturated rings. The van der Waals surface area contributed by atoms with Crippen LogP contribution in [0.2, 0.25) is 0 Å². The van der Waals surface area contributed by atoms with Crippen molar-refractivity contribution < 1.29 is 26.8 Å². The van der Waals surface area contributed by atoms with E-state index < -0.39 is 0 Å². The summed E-state index contributed by atoms with van der Waals surface area (Å²) in [5.41, 5.74) is 2.81. The van der Waals surface area contributed by atoms with E-state index in [0.29, 0.717) is 43.5 Å². The fraction of sp³-hybridized carbons (Fsp3) is 0.219. The van der Waals surface area contributed by atoms with Gasteiger partial charge in [0, 0.05) is 56.7 Å². The largest absolute Gasteiger partial charge is 0.441 e. The van der Waals surface area contributed by atoms with Crippen molar-refractivity contribution in [2.24, 2.45) is 0 Å². The lowest BCUT2D eigenvalue weighted by atomic mass is 10.1. The first-order chi connectivity index (χ1) is 21.0. The Bertz CT molecular complexity index is 1740. The Morgan fingerprint density at radius 3 is 1.75 bits per heavy atom. The second-order valence-electron chi connectivity index (χ2n) is 9.70. The van der Waals surface area contributed by atoms with Crippen molar-refractivity contribution in [1.29, 1.82) is 0 Å². The fourth-order valence-corrected chi connectivity index (χ4v) is 4.93. The highest BCUT2D eigenvalue weighted by atomic mass is 79.9. The van der Waals surface area contributed by atoms with Crippen LogP contribution >= 0.6 is 31.9 Å². The molecule has 7 nitrogen and oxygen atoms in total. The molecule has 1 saturated heterocycles. The number of oxazole rings is 2. The molecule has 0 radical (unpaired) electrons. The van der Waals surface area contributed by atoms with Gasteiger partial charge in [0.15, 0.2) is 29.1 Å². The number of Topliss-reactive ketones (excluding diaryl/α,β-unsaturated/α-hetero) is 1. The molecule has 0 saturated carbocycles. The van der Waals surface area contributed by atoms with Crippen LogP contribution in [0.5, 0.6) is 0 Å². The molecule has 1 aliphatic heterocycles. The van der Waals surface area contributed by atoms with E-state index in [9.17, 15) is 18.0 Å². The Kier molecular flexibility index (Phi) is 11.5. The lowest BCUT2D eigenvalue weighted by Gasteiger charge is -2.29. The van der Waals surface area contributed by atoms with Crippen LogP contribution in [0, 0.1) is 31.3 Å². The SMILES string of the molecule is CC(=O)c1ccc(F)c(Br)c1.Cc1ncc(-c2ccc(F)c(Br)c2)o1.Cc1ncc(-c2ccc(F)c(N3CCNCC3)c2)o1. The molecule has 0 unspecified atom stereocenters. The monoisotopic (exact) mass is 732 g/mol. The molecule has 230 valence electrons. The Morgan fingerprint density at radius 2 is 1.27 bits per heavy atom. The van der Waals surface area contributed by atoms with Crippen LogP contribution in [-0.2, 0) is 0 Å². The van der Waals surface area contributed by atoms with Crippen molar-refractivity contribution in [3.63, 3.8) is 0 Å². The number of nitrogens with zero attached hydrogens (tertiary/aromatic N) is 3. The van der Waals surface area contributed by atoms with Crippen molar-refractivity contribution in [3.05, 3.63) is 111 Å². The zero-order valence-electron chi connectivity index (χ0n) is 24.1. The summed E-state index contributed by atoms with van der Waals surface area (Å²) in [6.07, 6.45) is 3.29. The number of halogens is 5. The summed E-state index contributed by atoms with van der Waals surface area (Å²) >= 11 is 6.10. The van der Waals surface area contributed by atoms with E-state index in [1.807, 2.05) is 6.07 Å². The minimum absolute atomic E-state index is 0.0642. The normalized spacial score (nSPS) is 12.6. The van der Waals surface area contributed by atoms with Crippen LogP contribution in [-0.4, -0.2) is 41.9 Å². The van der Waals surface area contributed by atoms with Gasteiger partial charge in [0.25, 0.3) is 0 Å². The third-order valence-corrected chi connectivity index (χ3v) is 7.68. The van der Waals surface area contributed by atoms with Gasteiger partial charge in [-0.05, 0) is 93.4 Å². The Balaban J connectivity index is 0.000000157. The predicted molar refractivity (Wildman–Crippen MR) is 170 cm³/mol. The molecule has 12 heteroatoms. The van der Waals surface area contributed by atoms with Crippen LogP contribution in [0.3, 0.4) is 0 Å². The third kappa shape index (κ3) is 8.90. The van der Waals surface area contributed by atoms with E-state index >= 15 is 0 Å². The Labute approximate surface area is 269 Å². The predicted octanol–water partition coefficient (Wildman–Crippen LogP) is 8.54. The van der Waals surface area contributed by atoms with Gasteiger partial charge in [0.1, 0.15) is 17.5 Å². The van der Waals surface area contributed by atoms with Gasteiger partial charge < -0.3 is 19.1 Å². The molecule has 6 rings (SSSR count). The van der Waals surface area contributed by atoms with E-state index in [2.05, 4.69) is 52.0 Å². The molecule has 0 aliphatic carbocycles. The van der Waals surface area contributed by atoms with Crippen LogP contribution in [0.25, 0.3) is 22.6 Å². The molecule has 5 aromatic rings. The first kappa shape index (κ1) is 33.2. The summed E-state index contributed by atoms with van der Waals surface area (Å²) in [5, 5.41) is 3.26. The van der Waals surface area contributed by atoms with Gasteiger partial charge in [0.05, 0.1) is 27.0 Å². The van der Waals surface area contributed by atoms with Gasteiger partial charge in [0.2, 0.25) is 0 Å². The Morgan fingerprint density at radius 1 is 0.773 bits per heavy atom. The smallest absolute Gasteiger partial charge is 0.191 e. The number of carbonyl (C=O) groups excluding carboxylic acids is 1. The fourth-order valence-electron chi connectivity index (χ4n) is 4.17. The quantitative estimate of drug-likeness (QED) is 0.185. The molecule has 1 aliphatic rings. The minimum atomic E-state index is -0.352. The summed E-state index contributed by atoms with van der Waals surface area (Å²) in [6.45, 7) is 8.40. The zero-order valence-corrected chi connectivity index (χ0v) is 27.3. The molecule has 44 heavy (non-hydrogen) atoms. The topological polar surface area (TPSA) is 84.4 Å². The molecular formula is C32H29Br2F3N4O3. The maximum Gasteiger partial charge on any atom is 0.191 e. The highest BCUT2D eigenvalue weighted by Crippen LogP contribution is 2.28. The van der Waals surface area contributed by atoms with Gasteiger partial charge in [-0.2, -0.15) is 0 Å². The molecule has 3 heterocycles. The highest BCUT2D eigenvalue weighted by Gasteiger charge is 2.16. The van der Waals surface area contributed by atoms with E-state index in [-0.39, 0.29) is 23.2 Å². The summed E-state index contributed by atoms with van der Waals surface area (Å²) < 4.78 is 51.0. The van der Waals surface area contributed by atoms with Gasteiger partial charge in [-0.3, -0.25) is 4.79 Å². The van der Waals surface area contributed by atoms with Crippen molar-refractivity contribution in [1.82, 2.24) is 15.3 Å². The maximum absolute atomic E-state index is 14.0. The molecule has 0 bridgehead atoms. The molecular weight excluding hydrogens is 705 g/mol. The number of piperazine rings is 1. The number of ketones is 1. The van der Waals surface area contributed by atoms with E-state index in [4.69, 9.17) is 8.83 Å². The van der Waals surface area contributed by atoms with Crippen LogP contribution in [0.1, 0.15) is 29.1 Å². The van der Waals surface area contributed by atoms with Gasteiger partial charge in [-0.1, -0.05) is 0 Å². The number of aryl methyl sites for hydroxylation is 2. The number of nitrogens with one attached hydrogen (secondary N) is 1. The van der Waals surface area contributed by atoms with Crippen molar-refractivity contribution in [2.45, 2.75) is 20.8 Å². The van der Waals surface area contributed by atoms with Crippen molar-refractivity contribution >= 4 is 43.3 Å². The molecule has 1 N–H and O–H groups in total. The summed E-state index contributed by atoms with van der Waals surface area (Å²) in [7, 11) is 0. The number of carbonyl (C=O) groups is 1. The molecule has 3 aromatic carbocycles. The summed E-state index contributed by atoms with van der Waals surface area (Å²) in [5.74, 6) is 1.63. The number of hydrogen-bond acceptors (Lipinski definition) is 7. The van der Waals surface area contributed by atoms with Crippen LogP contribution in [0.15, 0.2) is 84.8 Å². The van der Waals surface area contributed by atoms with Crippen molar-refractivity contribution in [3.8, 4) is 22.6 Å². The van der Waals surface area contributed by atoms with Gasteiger partial charge >= 0.3 is 0 Å². The number of benzene rings is 3. The second kappa shape index (κ2) is 15.3. The summed E-state index contributed by atoms with van der Waals surface area (Å²) in [6, 6.07) is 13.9. The Hall–Kier alpha value is -3.74. The molecule has 0 atom stereocenters. The van der Waals surface area contributed by atoms with Gasteiger partial charge in [-0.25, -0.2) is 23.1 Å². The minimum Gasteiger partial charge on any atom is -0.441 e. The zero-order chi connectivity index (χ0) is 31.8. The van der Waals surface area contributed by atoms with Crippen LogP contribution < -0.4 is 10.2 Å². The van der Waals surface area contributed by atoms with Crippen LogP contribution in [0.4, 0.5) is 18.9 Å². The average Bonchev–Trinajstić information content (AvgIpc) is 3.65. The first-order valence-electron chi connectivity index (χ1n) is 13.5. The molecule has 2 aromatic heterocycles. The number of anilines is 1. The highest BCUT2D eigenvalue weighted by molar-refractivity contribution is 9.10. The average molecular weight is 734 g/mol. The lowest BCUT2D eigenvalue weighted by molar-refractivity contribution is 0.101. The van der Waals surface area contributed by atoms with E-state index in [1.54, 1.807) is 44.4 Å². The maximum atomic E-state index is 14.0. The van der Waals surface area contributed by atoms with Crippen molar-refractivity contribution in [2.75, 3.05) is 31.1 Å². The first-order valence-corrected chi connectivity index (χ1v) is 15.1. The third-order valence-electron chi connectivity index (χ3n) is 6.46. The molecule has 0 amide bonds. The number of hydrogen-bond donors (Lipinski definition) is 1. The second-order valence-corrected chi connectivity index (χ2v) is 11.4. The standard InChI is InChI=1S/C14H16FN3O.C10H7BrFNO.C8H6BrFO/c1-10-17-9-14(19-10)11-2-3-12(15)13(8-11)18-6-4-16-5-7-18;1-6-13-5-10(14-6)7-2-3-9(12)8(11)4-7;1-5(11)6-2-3-8(10)7(9)4-6/h2-3,8-9,16H,4-7H2,1H3;2-5H,1H3;2-4H,1H3. The number of aromatic nitrogens is 2. The lowest BCUT2D eigenvalue weighted by Crippen LogP contribution is -2.43. The van der Waals surface area contributed by atoms with E-state index in [0.717, 1.165) is 37.3 Å².